The van der Waals surface area contributed by atoms with E-state index in [0.717, 1.165) is 17.7 Å². The molecule has 0 aliphatic heterocycles. The number of nitrogens with zero attached hydrogens (tertiary/aromatic N) is 3. The monoisotopic (exact) mass is 270 g/mol. The zero-order valence-electron chi connectivity index (χ0n) is 11.9. The topological polar surface area (TPSA) is 67.8 Å². The van der Waals surface area contributed by atoms with Crippen molar-refractivity contribution in [2.45, 2.75) is 33.2 Å². The maximum atomic E-state index is 12.1. The van der Waals surface area contributed by atoms with Gasteiger partial charge < -0.3 is 5.32 Å². The smallest absolute Gasteiger partial charge is 0.270 e. The van der Waals surface area contributed by atoms with Crippen LogP contribution in [-0.4, -0.2) is 26.9 Å². The van der Waals surface area contributed by atoms with Crippen LogP contribution in [0.25, 0.3) is 0 Å². The molecule has 2 aromatic heterocycles. The van der Waals surface area contributed by atoms with E-state index < -0.39 is 0 Å². The lowest BCUT2D eigenvalue weighted by Gasteiger charge is -2.13. The van der Waals surface area contributed by atoms with Crippen LogP contribution < -0.4 is 5.32 Å². The van der Waals surface area contributed by atoms with Gasteiger partial charge in [0.1, 0.15) is 11.5 Å². The summed E-state index contributed by atoms with van der Waals surface area (Å²) in [5.41, 5.74) is 2.30. The fraction of sp³-hybridized carbons (Fsp3) is 0.333. The Bertz CT molecular complexity index is 578. The number of aromatic nitrogens is 3. The summed E-state index contributed by atoms with van der Waals surface area (Å²) in [7, 11) is 0. The van der Waals surface area contributed by atoms with Gasteiger partial charge in [-0.25, -0.2) is 9.97 Å². The highest BCUT2D eigenvalue weighted by molar-refractivity contribution is 5.92. The first-order valence-electron chi connectivity index (χ1n) is 6.56. The molecule has 0 spiro atoms. The summed E-state index contributed by atoms with van der Waals surface area (Å²) in [4.78, 5) is 24.5. The highest BCUT2D eigenvalue weighted by Crippen LogP contribution is 2.04. The molecule has 20 heavy (non-hydrogen) atoms. The van der Waals surface area contributed by atoms with Crippen LogP contribution in [0.2, 0.25) is 0 Å². The van der Waals surface area contributed by atoms with E-state index in [4.69, 9.17) is 0 Å². The Hall–Kier alpha value is -2.30. The van der Waals surface area contributed by atoms with Crippen LogP contribution in [0.1, 0.15) is 34.5 Å². The van der Waals surface area contributed by atoms with Gasteiger partial charge in [0.2, 0.25) is 0 Å². The average Bonchev–Trinajstić information content (AvgIpc) is 2.38. The predicted molar refractivity (Wildman–Crippen MR) is 76.4 cm³/mol. The molecule has 0 radical (unpaired) electrons. The molecule has 5 nitrogen and oxygen atoms in total. The molecule has 0 aliphatic rings. The van der Waals surface area contributed by atoms with Crippen LogP contribution in [0, 0.1) is 13.8 Å². The van der Waals surface area contributed by atoms with Crippen molar-refractivity contribution in [1.82, 2.24) is 20.3 Å². The minimum atomic E-state index is -0.171. The van der Waals surface area contributed by atoms with Crippen molar-refractivity contribution in [2.24, 2.45) is 0 Å². The molecular formula is C15H18N4O. The Labute approximate surface area is 118 Å². The van der Waals surface area contributed by atoms with Gasteiger partial charge in [0, 0.05) is 24.1 Å². The molecule has 0 saturated heterocycles. The van der Waals surface area contributed by atoms with E-state index in [1.807, 2.05) is 32.2 Å². The fourth-order valence-corrected chi connectivity index (χ4v) is 2.05. The number of hydrogen-bond acceptors (Lipinski definition) is 4. The van der Waals surface area contributed by atoms with Crippen LogP contribution in [0.4, 0.5) is 0 Å². The third-order valence-electron chi connectivity index (χ3n) is 2.84. The largest absolute Gasteiger partial charge is 0.348 e. The molecule has 2 rings (SSSR count). The molecule has 5 heteroatoms. The van der Waals surface area contributed by atoms with Gasteiger partial charge in [-0.1, -0.05) is 6.07 Å². The van der Waals surface area contributed by atoms with E-state index in [0.29, 0.717) is 11.5 Å². The van der Waals surface area contributed by atoms with Crippen molar-refractivity contribution in [3.05, 3.63) is 53.4 Å². The van der Waals surface area contributed by atoms with Crippen LogP contribution in [0.15, 0.2) is 30.6 Å². The molecule has 104 valence electrons. The highest BCUT2D eigenvalue weighted by atomic mass is 16.1. The molecule has 0 fully saturated rings. The van der Waals surface area contributed by atoms with Crippen LogP contribution >= 0.6 is 0 Å². The number of hydrogen-bond donors (Lipinski definition) is 1. The summed E-state index contributed by atoms with van der Waals surface area (Å²) in [6, 6.07) is 5.59. The molecule has 2 heterocycles. The molecule has 0 aromatic carbocycles. The summed E-state index contributed by atoms with van der Waals surface area (Å²) in [6.45, 7) is 5.60. The Morgan fingerprint density at radius 3 is 2.80 bits per heavy atom. The van der Waals surface area contributed by atoms with Crippen molar-refractivity contribution in [3.63, 3.8) is 0 Å². The van der Waals surface area contributed by atoms with Crippen LogP contribution in [-0.2, 0) is 6.42 Å². The van der Waals surface area contributed by atoms with Gasteiger partial charge in [-0.05, 0) is 44.9 Å². The van der Waals surface area contributed by atoms with Gasteiger partial charge in [-0.3, -0.25) is 9.78 Å². The lowest BCUT2D eigenvalue weighted by Crippen LogP contribution is -2.34. The number of carbonyl (C=O) groups excluding carboxylic acids is 1. The number of amides is 1. The van der Waals surface area contributed by atoms with Gasteiger partial charge >= 0.3 is 0 Å². The number of pyridine rings is 1. The normalized spacial score (nSPS) is 11.9. The summed E-state index contributed by atoms with van der Waals surface area (Å²) in [5.74, 6) is 0.435. The standard InChI is InChI=1S/C15H18N4O/c1-10(7-13-5-4-6-16-9-13)18-15(20)14-8-11(2)17-12(3)19-14/h4-6,8-10H,7H2,1-3H3,(H,18,20). The van der Waals surface area contributed by atoms with Gasteiger partial charge in [0.15, 0.2) is 0 Å². The molecule has 1 atom stereocenters. The number of nitrogens with one attached hydrogen (secondary N) is 1. The van der Waals surface area contributed by atoms with E-state index in [9.17, 15) is 4.79 Å². The molecular weight excluding hydrogens is 252 g/mol. The Balaban J connectivity index is 2.00. The highest BCUT2D eigenvalue weighted by Gasteiger charge is 2.12. The van der Waals surface area contributed by atoms with Crippen molar-refractivity contribution >= 4 is 5.91 Å². The van der Waals surface area contributed by atoms with E-state index in [1.165, 1.54) is 0 Å². The maximum Gasteiger partial charge on any atom is 0.270 e. The quantitative estimate of drug-likeness (QED) is 0.920. The molecule has 2 aromatic rings. The lowest BCUT2D eigenvalue weighted by molar-refractivity contribution is 0.0934. The van der Waals surface area contributed by atoms with E-state index >= 15 is 0 Å². The summed E-state index contributed by atoms with van der Waals surface area (Å²) >= 11 is 0. The zero-order chi connectivity index (χ0) is 14.5. The Morgan fingerprint density at radius 2 is 2.15 bits per heavy atom. The number of rotatable bonds is 4. The summed E-state index contributed by atoms with van der Waals surface area (Å²) < 4.78 is 0. The van der Waals surface area contributed by atoms with Crippen molar-refractivity contribution in [3.8, 4) is 0 Å². The maximum absolute atomic E-state index is 12.1. The number of carbonyl (C=O) groups is 1. The zero-order valence-corrected chi connectivity index (χ0v) is 11.9. The van der Waals surface area contributed by atoms with Crippen molar-refractivity contribution in [1.29, 1.82) is 0 Å². The second kappa shape index (κ2) is 6.23. The number of aryl methyl sites for hydroxylation is 2. The van der Waals surface area contributed by atoms with E-state index in [-0.39, 0.29) is 11.9 Å². The van der Waals surface area contributed by atoms with Gasteiger partial charge in [0.05, 0.1) is 0 Å². The van der Waals surface area contributed by atoms with Gasteiger partial charge in [-0.2, -0.15) is 0 Å². The first-order chi connectivity index (χ1) is 9.54. The lowest BCUT2D eigenvalue weighted by atomic mass is 10.1. The molecule has 0 saturated carbocycles. The molecule has 1 N–H and O–H groups in total. The van der Waals surface area contributed by atoms with Crippen molar-refractivity contribution < 1.29 is 4.79 Å². The first-order valence-corrected chi connectivity index (χ1v) is 6.56. The molecule has 1 unspecified atom stereocenters. The fourth-order valence-electron chi connectivity index (χ4n) is 2.05. The van der Waals surface area contributed by atoms with Gasteiger partial charge in [-0.15, -0.1) is 0 Å². The Kier molecular flexibility index (Phi) is 4.40. The molecule has 0 aliphatic carbocycles. The van der Waals surface area contributed by atoms with Crippen molar-refractivity contribution in [2.75, 3.05) is 0 Å². The summed E-state index contributed by atoms with van der Waals surface area (Å²) in [6.07, 6.45) is 4.28. The molecule has 0 bridgehead atoms. The minimum absolute atomic E-state index is 0.0160. The molecule has 1 amide bonds. The average molecular weight is 270 g/mol. The SMILES string of the molecule is Cc1cc(C(=O)NC(C)Cc2cccnc2)nc(C)n1. The predicted octanol–water partition coefficient (Wildman–Crippen LogP) is 1.85. The van der Waals surface area contributed by atoms with Crippen LogP contribution in [0.3, 0.4) is 0 Å². The third-order valence-corrected chi connectivity index (χ3v) is 2.84. The second-order valence-corrected chi connectivity index (χ2v) is 4.88. The second-order valence-electron chi connectivity index (χ2n) is 4.88. The van der Waals surface area contributed by atoms with Crippen LogP contribution in [0.5, 0.6) is 0 Å². The van der Waals surface area contributed by atoms with Gasteiger partial charge in [0.25, 0.3) is 5.91 Å². The third kappa shape index (κ3) is 3.85. The van der Waals surface area contributed by atoms with E-state index in [1.54, 1.807) is 19.2 Å². The summed E-state index contributed by atoms with van der Waals surface area (Å²) in [5, 5.41) is 2.94. The van der Waals surface area contributed by atoms with E-state index in [2.05, 4.69) is 20.3 Å². The Morgan fingerprint density at radius 1 is 1.35 bits per heavy atom. The first kappa shape index (κ1) is 14.1. The minimum Gasteiger partial charge on any atom is -0.348 e.